The molecule has 0 radical (unpaired) electrons. The van der Waals surface area contributed by atoms with Gasteiger partial charge in [-0.05, 0) is 49.2 Å². The van der Waals surface area contributed by atoms with E-state index in [2.05, 4.69) is 35.3 Å². The summed E-state index contributed by atoms with van der Waals surface area (Å²) in [6, 6.07) is 19.5. The Hall–Kier alpha value is -3.36. The molecule has 0 bridgehead atoms. The third-order valence-electron chi connectivity index (χ3n) is 6.35. The van der Waals surface area contributed by atoms with Gasteiger partial charge in [0.1, 0.15) is 10.8 Å². The van der Waals surface area contributed by atoms with Crippen LogP contribution in [0.1, 0.15) is 46.3 Å². The summed E-state index contributed by atoms with van der Waals surface area (Å²) in [5.74, 6) is 0.670. The fraction of sp³-hybridized carbons (Fsp3) is 0.357. The maximum Gasteiger partial charge on any atom is 0.409 e. The number of rotatable bonds is 8. The van der Waals surface area contributed by atoms with Crippen molar-refractivity contribution in [2.45, 2.75) is 26.3 Å². The number of hydrogen-bond donors (Lipinski definition) is 1. The van der Waals surface area contributed by atoms with Crippen molar-refractivity contribution in [1.82, 2.24) is 9.80 Å². The minimum Gasteiger partial charge on any atom is -0.497 e. The lowest BCUT2D eigenvalue weighted by atomic mass is 9.97. The van der Waals surface area contributed by atoms with Gasteiger partial charge in [0.2, 0.25) is 0 Å². The van der Waals surface area contributed by atoms with E-state index in [0.717, 1.165) is 28.3 Å². The van der Waals surface area contributed by atoms with Crippen LogP contribution in [0.5, 0.6) is 5.75 Å². The molecule has 4 rings (SSSR count). The molecule has 2 amide bonds. The fourth-order valence-electron chi connectivity index (χ4n) is 4.45. The van der Waals surface area contributed by atoms with E-state index in [9.17, 15) is 9.59 Å². The molecule has 1 unspecified atom stereocenters. The molecule has 36 heavy (non-hydrogen) atoms. The number of nitrogens with one attached hydrogen (secondary N) is 1. The third kappa shape index (κ3) is 5.88. The summed E-state index contributed by atoms with van der Waals surface area (Å²) in [5.41, 5.74) is 2.80. The molecular formula is C28H33N3O4S. The Morgan fingerprint density at radius 3 is 2.31 bits per heavy atom. The Morgan fingerprint density at radius 2 is 1.69 bits per heavy atom. The van der Waals surface area contributed by atoms with Crippen molar-refractivity contribution >= 4 is 28.3 Å². The standard InChI is InChI=1S/C28H33N3O4S/c1-4-23-19-24(27(36-23)29-26(32)21-9-7-6-8-10-21)25(20-11-13-22(34-3)14-12-20)30-15-17-31(18-16-30)28(33)35-5-2/h6-14,19,25H,4-5,15-18H2,1-3H3,(H,29,32). The fourth-order valence-corrected chi connectivity index (χ4v) is 5.47. The minimum atomic E-state index is -0.266. The van der Waals surface area contributed by atoms with Crippen molar-refractivity contribution in [3.05, 3.63) is 82.2 Å². The molecule has 1 saturated heterocycles. The van der Waals surface area contributed by atoms with E-state index in [1.807, 2.05) is 49.4 Å². The minimum absolute atomic E-state index is 0.0807. The summed E-state index contributed by atoms with van der Waals surface area (Å²) in [5, 5.41) is 4.04. The Labute approximate surface area is 216 Å². The van der Waals surface area contributed by atoms with Crippen LogP contribution >= 0.6 is 11.3 Å². The van der Waals surface area contributed by atoms with Gasteiger partial charge in [-0.3, -0.25) is 9.69 Å². The number of nitrogens with zero attached hydrogens (tertiary/aromatic N) is 2. The molecule has 1 fully saturated rings. The first kappa shape index (κ1) is 25.7. The number of anilines is 1. The average Bonchev–Trinajstić information content (AvgIpc) is 3.32. The first-order valence-corrected chi connectivity index (χ1v) is 13.1. The highest BCUT2D eigenvalue weighted by Gasteiger charge is 2.31. The number of carbonyl (C=O) groups excluding carboxylic acids is 2. The lowest BCUT2D eigenvalue weighted by Crippen LogP contribution is -2.50. The van der Waals surface area contributed by atoms with Crippen LogP contribution in [-0.4, -0.2) is 61.7 Å². The number of ether oxygens (including phenoxy) is 2. The maximum atomic E-state index is 13.1. The topological polar surface area (TPSA) is 71.1 Å². The number of hydrogen-bond acceptors (Lipinski definition) is 6. The van der Waals surface area contributed by atoms with Crippen LogP contribution in [0.4, 0.5) is 9.80 Å². The summed E-state index contributed by atoms with van der Waals surface area (Å²) in [4.78, 5) is 30.7. The van der Waals surface area contributed by atoms with E-state index in [0.29, 0.717) is 38.3 Å². The van der Waals surface area contributed by atoms with Crippen LogP contribution in [0.25, 0.3) is 0 Å². The zero-order valence-corrected chi connectivity index (χ0v) is 21.8. The molecule has 1 aliphatic rings. The highest BCUT2D eigenvalue weighted by Crippen LogP contribution is 2.40. The largest absolute Gasteiger partial charge is 0.497 e. The summed E-state index contributed by atoms with van der Waals surface area (Å²) in [6.07, 6.45) is 0.614. The highest BCUT2D eigenvalue weighted by atomic mass is 32.1. The summed E-state index contributed by atoms with van der Waals surface area (Å²) in [6.45, 7) is 6.87. The van der Waals surface area contributed by atoms with Crippen LogP contribution in [0, 0.1) is 0 Å². The number of amides is 2. The van der Waals surface area contributed by atoms with Crippen molar-refractivity contribution in [2.24, 2.45) is 0 Å². The highest BCUT2D eigenvalue weighted by molar-refractivity contribution is 7.16. The third-order valence-corrected chi connectivity index (χ3v) is 7.57. The first-order chi connectivity index (χ1) is 17.5. The van der Waals surface area contributed by atoms with Gasteiger partial charge in [0.25, 0.3) is 5.91 Å². The summed E-state index contributed by atoms with van der Waals surface area (Å²) >= 11 is 1.62. The molecule has 0 aliphatic carbocycles. The summed E-state index contributed by atoms with van der Waals surface area (Å²) < 4.78 is 10.6. The Bertz CT molecular complexity index is 1160. The number of carbonyl (C=O) groups is 2. The van der Waals surface area contributed by atoms with Crippen LogP contribution in [0.3, 0.4) is 0 Å². The monoisotopic (exact) mass is 507 g/mol. The summed E-state index contributed by atoms with van der Waals surface area (Å²) in [7, 11) is 1.66. The predicted octanol–water partition coefficient (Wildman–Crippen LogP) is 5.43. The zero-order chi connectivity index (χ0) is 25.5. The van der Waals surface area contributed by atoms with E-state index < -0.39 is 0 Å². The molecule has 2 heterocycles. The van der Waals surface area contributed by atoms with Gasteiger partial charge in [0.05, 0.1) is 19.8 Å². The quantitative estimate of drug-likeness (QED) is 0.440. The van der Waals surface area contributed by atoms with Crippen molar-refractivity contribution in [3.63, 3.8) is 0 Å². The number of piperazine rings is 1. The van der Waals surface area contributed by atoms with Gasteiger partial charge in [-0.15, -0.1) is 11.3 Å². The number of thiophene rings is 1. The Kier molecular flexibility index (Phi) is 8.61. The molecule has 1 N–H and O–H groups in total. The molecule has 8 heteroatoms. The van der Waals surface area contributed by atoms with Crippen molar-refractivity contribution < 1.29 is 19.1 Å². The smallest absolute Gasteiger partial charge is 0.409 e. The van der Waals surface area contributed by atoms with Gasteiger partial charge in [0, 0.05) is 42.2 Å². The molecule has 1 aromatic heterocycles. The van der Waals surface area contributed by atoms with E-state index >= 15 is 0 Å². The van der Waals surface area contributed by atoms with E-state index in [1.54, 1.807) is 23.3 Å². The molecule has 1 atom stereocenters. The predicted molar refractivity (Wildman–Crippen MR) is 143 cm³/mol. The first-order valence-electron chi connectivity index (χ1n) is 12.3. The number of aryl methyl sites for hydroxylation is 1. The second-order valence-corrected chi connectivity index (χ2v) is 9.71. The van der Waals surface area contributed by atoms with Gasteiger partial charge >= 0.3 is 6.09 Å². The zero-order valence-electron chi connectivity index (χ0n) is 21.0. The molecule has 1 aliphatic heterocycles. The number of benzene rings is 2. The van der Waals surface area contributed by atoms with Gasteiger partial charge in [-0.1, -0.05) is 37.3 Å². The van der Waals surface area contributed by atoms with Crippen LogP contribution < -0.4 is 10.1 Å². The van der Waals surface area contributed by atoms with Crippen molar-refractivity contribution in [3.8, 4) is 5.75 Å². The Morgan fingerprint density at radius 1 is 1.00 bits per heavy atom. The lowest BCUT2D eigenvalue weighted by molar-refractivity contribution is 0.0715. The van der Waals surface area contributed by atoms with Crippen LogP contribution in [0.2, 0.25) is 0 Å². The van der Waals surface area contributed by atoms with E-state index in [1.165, 1.54) is 4.88 Å². The molecule has 190 valence electrons. The van der Waals surface area contributed by atoms with Crippen LogP contribution in [-0.2, 0) is 11.2 Å². The molecule has 0 spiro atoms. The van der Waals surface area contributed by atoms with Gasteiger partial charge < -0.3 is 19.7 Å². The molecule has 2 aromatic carbocycles. The van der Waals surface area contributed by atoms with E-state index in [4.69, 9.17) is 9.47 Å². The van der Waals surface area contributed by atoms with Gasteiger partial charge in [0.15, 0.2) is 0 Å². The Balaban J connectivity index is 1.67. The van der Waals surface area contributed by atoms with Crippen molar-refractivity contribution in [2.75, 3.05) is 45.2 Å². The molecular weight excluding hydrogens is 474 g/mol. The van der Waals surface area contributed by atoms with Gasteiger partial charge in [-0.2, -0.15) is 0 Å². The molecule has 0 saturated carbocycles. The lowest BCUT2D eigenvalue weighted by Gasteiger charge is -2.39. The number of methoxy groups -OCH3 is 1. The second kappa shape index (κ2) is 12.1. The van der Waals surface area contributed by atoms with E-state index in [-0.39, 0.29) is 18.0 Å². The maximum absolute atomic E-state index is 13.1. The second-order valence-electron chi connectivity index (χ2n) is 8.57. The SMILES string of the molecule is CCOC(=O)N1CCN(C(c2ccc(OC)cc2)c2cc(CC)sc2NC(=O)c2ccccc2)CC1. The van der Waals surface area contributed by atoms with Gasteiger partial charge in [-0.25, -0.2) is 4.79 Å². The average molecular weight is 508 g/mol. The normalized spacial score (nSPS) is 14.8. The molecule has 3 aromatic rings. The molecule has 7 nitrogen and oxygen atoms in total. The van der Waals surface area contributed by atoms with Crippen LogP contribution in [0.15, 0.2) is 60.7 Å². The van der Waals surface area contributed by atoms with Crippen molar-refractivity contribution in [1.29, 1.82) is 0 Å².